The van der Waals surface area contributed by atoms with E-state index < -0.39 is 47.9 Å². The molecule has 206 valence electrons. The smallest absolute Gasteiger partial charge is 0.300 e. The Balaban J connectivity index is 0.00000283. The van der Waals surface area contributed by atoms with Gasteiger partial charge in [0.15, 0.2) is 5.96 Å². The van der Waals surface area contributed by atoms with Crippen molar-refractivity contribution in [1.82, 2.24) is 15.5 Å². The van der Waals surface area contributed by atoms with Crippen LogP contribution in [-0.2, 0) is 24.0 Å². The van der Waals surface area contributed by atoms with Crippen LogP contribution >= 0.6 is 0 Å². The number of likely N-dealkylation sites (tertiary alicyclic amines) is 1. The Morgan fingerprint density at radius 2 is 1.67 bits per heavy atom. The third-order valence-corrected chi connectivity index (χ3v) is 5.25. The topological polar surface area (TPSA) is 249 Å². The highest BCUT2D eigenvalue weighted by molar-refractivity contribution is 5.94. The number of carboxylic acids is 1. The van der Waals surface area contributed by atoms with Crippen molar-refractivity contribution in [3.63, 3.8) is 0 Å². The summed E-state index contributed by atoms with van der Waals surface area (Å²) in [7, 11) is 0. The number of hydrogen-bond donors (Lipinski definition) is 7. The van der Waals surface area contributed by atoms with Crippen LogP contribution in [0.4, 0.5) is 0 Å². The summed E-state index contributed by atoms with van der Waals surface area (Å²) in [5.41, 5.74) is 21.9. The molecule has 11 N–H and O–H groups in total. The Labute approximate surface area is 211 Å². The number of rotatable bonds is 12. The summed E-state index contributed by atoms with van der Waals surface area (Å²) in [6.07, 6.45) is 2.26. The standard InChI is InChI=1S/C20H38N8O4.C2H4O2/c1-11(2)10-13(21)17(30)27-14(6-4-8-25-20(23)24)19(32)28-9-5-7-15(28)18(31)26-12(3)16(22)29;1-2(3)4/h11-15H,4-10,21H2,1-3H3,(H2,22,29)(H,26,31)(H,27,30)(H4,23,24,25);1H3,(H,3,4)/t12-,13+,14+,15+;/m1./s1. The lowest BCUT2D eigenvalue weighted by atomic mass is 10.0. The Bertz CT molecular complexity index is 795. The van der Waals surface area contributed by atoms with Gasteiger partial charge in [0.05, 0.1) is 6.04 Å². The highest BCUT2D eigenvalue weighted by Crippen LogP contribution is 2.20. The number of aliphatic imine (C=N–C) groups is 1. The maximum atomic E-state index is 13.3. The molecule has 0 radical (unpaired) electrons. The predicted octanol–water partition coefficient (Wildman–Crippen LogP) is -2.03. The Kier molecular flexibility index (Phi) is 14.7. The maximum absolute atomic E-state index is 13.3. The zero-order valence-electron chi connectivity index (χ0n) is 21.5. The first-order chi connectivity index (χ1) is 16.7. The van der Waals surface area contributed by atoms with Gasteiger partial charge in [-0.05, 0) is 44.9 Å². The van der Waals surface area contributed by atoms with Gasteiger partial charge in [0.2, 0.25) is 23.6 Å². The summed E-state index contributed by atoms with van der Waals surface area (Å²) in [5.74, 6) is -2.62. The molecule has 1 fully saturated rings. The molecule has 1 aliphatic heterocycles. The molecule has 0 aromatic carbocycles. The first-order valence-corrected chi connectivity index (χ1v) is 11.9. The SMILES string of the molecule is CC(=O)O.CC(C)C[C@H](N)C(=O)N[C@@H](CCCN=C(N)N)C(=O)N1CCC[C@H]1C(=O)N[C@H](C)C(N)=O. The quantitative estimate of drug-likeness (QED) is 0.0860. The molecule has 0 aromatic heterocycles. The lowest BCUT2D eigenvalue weighted by Gasteiger charge is -2.30. The molecule has 1 saturated heterocycles. The van der Waals surface area contributed by atoms with Crippen molar-refractivity contribution in [3.8, 4) is 0 Å². The van der Waals surface area contributed by atoms with Gasteiger partial charge >= 0.3 is 0 Å². The van der Waals surface area contributed by atoms with E-state index in [0.29, 0.717) is 38.8 Å². The second-order valence-corrected chi connectivity index (χ2v) is 9.09. The van der Waals surface area contributed by atoms with Crippen LogP contribution in [0, 0.1) is 5.92 Å². The number of primary amides is 1. The first kappa shape index (κ1) is 32.6. The third-order valence-electron chi connectivity index (χ3n) is 5.25. The zero-order chi connectivity index (χ0) is 28.0. The van der Waals surface area contributed by atoms with Crippen molar-refractivity contribution >= 4 is 35.6 Å². The lowest BCUT2D eigenvalue weighted by molar-refractivity contribution is -0.142. The normalized spacial score (nSPS) is 17.2. The fourth-order valence-corrected chi connectivity index (χ4v) is 3.54. The van der Waals surface area contributed by atoms with Gasteiger partial charge in [0.1, 0.15) is 18.1 Å². The predicted molar refractivity (Wildman–Crippen MR) is 134 cm³/mol. The maximum Gasteiger partial charge on any atom is 0.300 e. The average molecular weight is 515 g/mol. The number of nitrogens with zero attached hydrogens (tertiary/aromatic N) is 2. The number of nitrogens with two attached hydrogens (primary N) is 4. The van der Waals surface area contributed by atoms with E-state index >= 15 is 0 Å². The Hall–Kier alpha value is -3.42. The number of hydrogen-bond acceptors (Lipinski definition) is 7. The summed E-state index contributed by atoms with van der Waals surface area (Å²) in [5, 5.41) is 12.7. The first-order valence-electron chi connectivity index (χ1n) is 11.9. The van der Waals surface area contributed by atoms with Crippen molar-refractivity contribution in [2.45, 2.75) is 84.0 Å². The van der Waals surface area contributed by atoms with Gasteiger partial charge < -0.3 is 43.6 Å². The van der Waals surface area contributed by atoms with Gasteiger partial charge in [0.25, 0.3) is 5.97 Å². The number of nitrogens with one attached hydrogen (secondary N) is 2. The van der Waals surface area contributed by atoms with E-state index in [1.807, 2.05) is 13.8 Å². The molecule has 0 unspecified atom stereocenters. The minimum atomic E-state index is -0.878. The van der Waals surface area contributed by atoms with Gasteiger partial charge in [0, 0.05) is 20.0 Å². The summed E-state index contributed by atoms with van der Waals surface area (Å²) in [6, 6.07) is -3.23. The van der Waals surface area contributed by atoms with Crippen LogP contribution in [0.3, 0.4) is 0 Å². The number of carboxylic acid groups (broad SMARTS) is 1. The van der Waals surface area contributed by atoms with Crippen LogP contribution in [0.15, 0.2) is 4.99 Å². The molecule has 0 aromatic rings. The largest absolute Gasteiger partial charge is 0.481 e. The van der Waals surface area contributed by atoms with E-state index in [-0.39, 0.29) is 24.2 Å². The second kappa shape index (κ2) is 16.3. The van der Waals surface area contributed by atoms with Crippen LogP contribution in [0.25, 0.3) is 0 Å². The molecule has 4 amide bonds. The van der Waals surface area contributed by atoms with Crippen LogP contribution in [0.2, 0.25) is 0 Å². The van der Waals surface area contributed by atoms with Crippen molar-refractivity contribution in [1.29, 1.82) is 0 Å². The summed E-state index contributed by atoms with van der Waals surface area (Å²) in [6.45, 7) is 7.11. The molecule has 36 heavy (non-hydrogen) atoms. The van der Waals surface area contributed by atoms with E-state index in [1.165, 1.54) is 11.8 Å². The third kappa shape index (κ3) is 12.9. The number of carbonyl (C=O) groups excluding carboxylic acids is 4. The van der Waals surface area contributed by atoms with Crippen molar-refractivity contribution in [2.75, 3.05) is 13.1 Å². The van der Waals surface area contributed by atoms with Crippen LogP contribution in [0.1, 0.15) is 59.8 Å². The van der Waals surface area contributed by atoms with E-state index in [2.05, 4.69) is 15.6 Å². The summed E-state index contributed by atoms with van der Waals surface area (Å²) >= 11 is 0. The number of aliphatic carboxylic acids is 1. The molecular weight excluding hydrogens is 472 g/mol. The molecule has 1 aliphatic rings. The zero-order valence-corrected chi connectivity index (χ0v) is 21.5. The van der Waals surface area contributed by atoms with Crippen molar-refractivity contribution < 1.29 is 29.1 Å². The van der Waals surface area contributed by atoms with Crippen molar-refractivity contribution in [3.05, 3.63) is 0 Å². The monoisotopic (exact) mass is 514 g/mol. The molecular formula is C22H42N8O6. The minimum absolute atomic E-state index is 0.0595. The fraction of sp³-hybridized carbons (Fsp3) is 0.727. The second-order valence-electron chi connectivity index (χ2n) is 9.09. The van der Waals surface area contributed by atoms with Crippen LogP contribution in [0.5, 0.6) is 0 Å². The Morgan fingerprint density at radius 1 is 1.08 bits per heavy atom. The molecule has 0 aliphatic carbocycles. The van der Waals surface area contributed by atoms with Crippen LogP contribution in [-0.4, -0.2) is 82.8 Å². The molecule has 0 saturated carbocycles. The summed E-state index contributed by atoms with van der Waals surface area (Å²) < 4.78 is 0. The van der Waals surface area contributed by atoms with E-state index in [1.54, 1.807) is 0 Å². The molecule has 0 spiro atoms. The van der Waals surface area contributed by atoms with Gasteiger partial charge in [-0.2, -0.15) is 0 Å². The molecule has 1 heterocycles. The molecule has 14 nitrogen and oxygen atoms in total. The van der Waals surface area contributed by atoms with E-state index in [9.17, 15) is 19.2 Å². The Morgan fingerprint density at radius 3 is 2.17 bits per heavy atom. The van der Waals surface area contributed by atoms with Gasteiger partial charge in [-0.25, -0.2) is 0 Å². The molecule has 14 heteroatoms. The van der Waals surface area contributed by atoms with Gasteiger partial charge in [-0.1, -0.05) is 13.8 Å². The van der Waals surface area contributed by atoms with Gasteiger partial charge in [-0.15, -0.1) is 0 Å². The lowest BCUT2D eigenvalue weighted by Crippen LogP contribution is -2.57. The van der Waals surface area contributed by atoms with Crippen molar-refractivity contribution in [2.24, 2.45) is 33.8 Å². The highest BCUT2D eigenvalue weighted by atomic mass is 16.4. The average Bonchev–Trinajstić information content (AvgIpc) is 3.24. The molecule has 1 rings (SSSR count). The highest BCUT2D eigenvalue weighted by Gasteiger charge is 2.38. The van der Waals surface area contributed by atoms with Gasteiger partial charge in [-0.3, -0.25) is 29.0 Å². The minimum Gasteiger partial charge on any atom is -0.481 e. The summed E-state index contributed by atoms with van der Waals surface area (Å²) in [4.78, 5) is 64.1. The van der Waals surface area contributed by atoms with E-state index in [4.69, 9.17) is 32.8 Å². The molecule has 4 atom stereocenters. The van der Waals surface area contributed by atoms with Crippen LogP contribution < -0.4 is 33.6 Å². The van der Waals surface area contributed by atoms with E-state index in [0.717, 1.165) is 6.92 Å². The number of amides is 4. The number of guanidine groups is 1. The fourth-order valence-electron chi connectivity index (χ4n) is 3.54. The number of carbonyl (C=O) groups is 5. The molecule has 0 bridgehead atoms.